The highest BCUT2D eigenvalue weighted by Crippen LogP contribution is 2.25. The average Bonchev–Trinajstić information content (AvgIpc) is 2.80. The zero-order valence-electron chi connectivity index (χ0n) is 10.6. The normalized spacial score (nSPS) is 10.3. The number of non-ortho nitro benzene ring substituents is 2. The summed E-state index contributed by atoms with van der Waals surface area (Å²) in [5.74, 6) is -1.27. The molecule has 2 aromatic rings. The number of aromatic carboxylic acids is 1. The Bertz CT molecular complexity index is 734. The third-order valence-electron chi connectivity index (χ3n) is 2.66. The van der Waals surface area contributed by atoms with Gasteiger partial charge in [-0.25, -0.2) is 9.48 Å². The molecule has 0 saturated carbocycles. The quantitative estimate of drug-likeness (QED) is 0.667. The number of nitro benzene ring substituents is 2. The SMILES string of the molecule is Cc1cc(C(=O)O)nn1-c1cc([N+](=O)[O-])cc([N+](=O)[O-])c1. The first-order chi connectivity index (χ1) is 9.79. The first-order valence-corrected chi connectivity index (χ1v) is 5.54. The lowest BCUT2D eigenvalue weighted by Crippen LogP contribution is -2.04. The summed E-state index contributed by atoms with van der Waals surface area (Å²) in [6.45, 7) is 1.53. The molecule has 0 atom stereocenters. The lowest BCUT2D eigenvalue weighted by atomic mass is 10.2. The number of nitrogens with zero attached hydrogens (tertiary/aromatic N) is 4. The van der Waals surface area contributed by atoms with Gasteiger partial charge in [-0.1, -0.05) is 0 Å². The van der Waals surface area contributed by atoms with E-state index in [-0.39, 0.29) is 11.4 Å². The van der Waals surface area contributed by atoms with Crippen molar-refractivity contribution in [3.05, 3.63) is 55.9 Å². The molecular weight excluding hydrogens is 284 g/mol. The van der Waals surface area contributed by atoms with Crippen LogP contribution >= 0.6 is 0 Å². The number of aromatic nitrogens is 2. The van der Waals surface area contributed by atoms with Crippen LogP contribution in [0.5, 0.6) is 0 Å². The highest BCUT2D eigenvalue weighted by Gasteiger charge is 2.19. The summed E-state index contributed by atoms with van der Waals surface area (Å²) in [6, 6.07) is 4.24. The zero-order valence-corrected chi connectivity index (χ0v) is 10.6. The average molecular weight is 292 g/mol. The van der Waals surface area contributed by atoms with E-state index in [0.29, 0.717) is 5.69 Å². The van der Waals surface area contributed by atoms with Crippen LogP contribution < -0.4 is 0 Å². The summed E-state index contributed by atoms with van der Waals surface area (Å²) in [7, 11) is 0. The van der Waals surface area contributed by atoms with Gasteiger partial charge in [0.25, 0.3) is 11.4 Å². The molecule has 1 aromatic carbocycles. The van der Waals surface area contributed by atoms with E-state index in [1.807, 2.05) is 0 Å². The Balaban J connectivity index is 2.65. The summed E-state index contributed by atoms with van der Waals surface area (Å²) in [4.78, 5) is 30.9. The van der Waals surface area contributed by atoms with Gasteiger partial charge in [-0.15, -0.1) is 0 Å². The van der Waals surface area contributed by atoms with Gasteiger partial charge in [0.2, 0.25) is 0 Å². The van der Waals surface area contributed by atoms with Crippen molar-refractivity contribution in [2.45, 2.75) is 6.92 Å². The maximum absolute atomic E-state index is 10.9. The molecule has 0 aliphatic carbocycles. The van der Waals surface area contributed by atoms with Crippen LogP contribution in [0.2, 0.25) is 0 Å². The maximum Gasteiger partial charge on any atom is 0.356 e. The summed E-state index contributed by atoms with van der Waals surface area (Å²) < 4.78 is 1.10. The highest BCUT2D eigenvalue weighted by molar-refractivity contribution is 5.85. The van der Waals surface area contributed by atoms with Crippen LogP contribution in [0, 0.1) is 27.2 Å². The van der Waals surface area contributed by atoms with Gasteiger partial charge in [0.15, 0.2) is 5.69 Å². The zero-order chi connectivity index (χ0) is 15.7. The first-order valence-electron chi connectivity index (χ1n) is 5.54. The number of benzene rings is 1. The number of rotatable bonds is 4. The number of hydrogen-bond acceptors (Lipinski definition) is 6. The summed E-state index contributed by atoms with van der Waals surface area (Å²) >= 11 is 0. The van der Waals surface area contributed by atoms with Crippen LogP contribution in [-0.4, -0.2) is 30.7 Å². The molecule has 10 heteroatoms. The minimum Gasteiger partial charge on any atom is -0.476 e. The molecule has 1 heterocycles. The van der Waals surface area contributed by atoms with Crippen molar-refractivity contribution in [1.29, 1.82) is 0 Å². The van der Waals surface area contributed by atoms with Gasteiger partial charge in [-0.3, -0.25) is 20.2 Å². The number of hydrogen-bond donors (Lipinski definition) is 1. The van der Waals surface area contributed by atoms with Crippen molar-refractivity contribution in [2.75, 3.05) is 0 Å². The van der Waals surface area contributed by atoms with Crippen molar-refractivity contribution in [1.82, 2.24) is 9.78 Å². The molecule has 2 rings (SSSR count). The third-order valence-corrected chi connectivity index (χ3v) is 2.66. The van der Waals surface area contributed by atoms with Crippen LogP contribution in [0.15, 0.2) is 24.3 Å². The van der Waals surface area contributed by atoms with E-state index in [0.717, 1.165) is 22.9 Å². The van der Waals surface area contributed by atoms with Gasteiger partial charge in [0.1, 0.15) is 0 Å². The fourth-order valence-corrected chi connectivity index (χ4v) is 1.75. The predicted molar refractivity (Wildman–Crippen MR) is 68.6 cm³/mol. The van der Waals surface area contributed by atoms with Crippen LogP contribution in [0.1, 0.15) is 16.2 Å². The van der Waals surface area contributed by atoms with Crippen molar-refractivity contribution < 1.29 is 19.7 Å². The van der Waals surface area contributed by atoms with Crippen LogP contribution in [-0.2, 0) is 0 Å². The smallest absolute Gasteiger partial charge is 0.356 e. The van der Waals surface area contributed by atoms with Gasteiger partial charge in [-0.05, 0) is 13.0 Å². The molecule has 21 heavy (non-hydrogen) atoms. The Morgan fingerprint density at radius 3 is 2.05 bits per heavy atom. The first kappa shape index (κ1) is 14.1. The molecular formula is C11H8N4O6. The predicted octanol–water partition coefficient (Wildman–Crippen LogP) is 1.70. The maximum atomic E-state index is 10.9. The summed E-state index contributed by atoms with van der Waals surface area (Å²) in [6.07, 6.45) is 0. The van der Waals surface area contributed by atoms with E-state index in [1.54, 1.807) is 0 Å². The van der Waals surface area contributed by atoms with Crippen LogP contribution in [0.3, 0.4) is 0 Å². The largest absolute Gasteiger partial charge is 0.476 e. The Labute approximate surface area is 116 Å². The van der Waals surface area contributed by atoms with Crippen LogP contribution in [0.25, 0.3) is 5.69 Å². The lowest BCUT2D eigenvalue weighted by Gasteiger charge is -2.04. The topological polar surface area (TPSA) is 141 Å². The van der Waals surface area contributed by atoms with E-state index < -0.39 is 27.2 Å². The molecule has 1 aromatic heterocycles. The number of carboxylic acids is 1. The van der Waals surface area contributed by atoms with Crippen molar-refractivity contribution in [3.63, 3.8) is 0 Å². The van der Waals surface area contributed by atoms with E-state index in [1.165, 1.54) is 13.0 Å². The van der Waals surface area contributed by atoms with Crippen molar-refractivity contribution >= 4 is 17.3 Å². The van der Waals surface area contributed by atoms with E-state index in [2.05, 4.69) is 5.10 Å². The minimum absolute atomic E-state index is 0.0425. The molecule has 0 saturated heterocycles. The molecule has 10 nitrogen and oxygen atoms in total. The van der Waals surface area contributed by atoms with Crippen molar-refractivity contribution in [2.24, 2.45) is 0 Å². The standard InChI is InChI=1S/C11H8N4O6/c1-6-2-10(11(16)17)12-13(6)7-3-8(14(18)19)5-9(4-7)15(20)21/h2-5H,1H3,(H,16,17). The van der Waals surface area contributed by atoms with E-state index in [4.69, 9.17) is 5.11 Å². The lowest BCUT2D eigenvalue weighted by molar-refractivity contribution is -0.394. The van der Waals surface area contributed by atoms with Gasteiger partial charge in [-0.2, -0.15) is 5.10 Å². The van der Waals surface area contributed by atoms with Gasteiger partial charge in [0.05, 0.1) is 21.6 Å². The molecule has 108 valence electrons. The van der Waals surface area contributed by atoms with Gasteiger partial charge >= 0.3 is 5.97 Å². The summed E-state index contributed by atoms with van der Waals surface area (Å²) in [5.41, 5.74) is -0.804. The Morgan fingerprint density at radius 2 is 1.67 bits per heavy atom. The Morgan fingerprint density at radius 1 is 1.14 bits per heavy atom. The molecule has 1 N–H and O–H groups in total. The third kappa shape index (κ3) is 2.68. The van der Waals surface area contributed by atoms with Crippen molar-refractivity contribution in [3.8, 4) is 5.69 Å². The number of aryl methyl sites for hydroxylation is 1. The molecule has 0 amide bonds. The Kier molecular flexibility index (Phi) is 3.36. The second kappa shape index (κ2) is 5.00. The molecule has 0 spiro atoms. The highest BCUT2D eigenvalue weighted by atomic mass is 16.6. The second-order valence-corrected chi connectivity index (χ2v) is 4.11. The van der Waals surface area contributed by atoms with Gasteiger partial charge < -0.3 is 5.11 Å². The monoisotopic (exact) mass is 292 g/mol. The molecule has 0 aliphatic rings. The molecule has 0 unspecified atom stereocenters. The molecule has 0 bridgehead atoms. The molecule has 0 fully saturated rings. The Hall–Kier alpha value is -3.30. The molecule has 0 radical (unpaired) electrons. The van der Waals surface area contributed by atoms with Gasteiger partial charge in [0, 0.05) is 17.8 Å². The number of nitro groups is 2. The fraction of sp³-hybridized carbons (Fsp3) is 0.0909. The fourth-order valence-electron chi connectivity index (χ4n) is 1.75. The van der Waals surface area contributed by atoms with E-state index in [9.17, 15) is 25.0 Å². The van der Waals surface area contributed by atoms with Crippen LogP contribution in [0.4, 0.5) is 11.4 Å². The minimum atomic E-state index is -1.27. The second-order valence-electron chi connectivity index (χ2n) is 4.11. The molecule has 0 aliphatic heterocycles. The van der Waals surface area contributed by atoms with E-state index >= 15 is 0 Å². The summed E-state index contributed by atoms with van der Waals surface area (Å²) in [5, 5.41) is 34.2. The number of carbonyl (C=O) groups is 1. The number of carboxylic acid groups (broad SMARTS) is 1.